The van der Waals surface area contributed by atoms with Crippen molar-refractivity contribution >= 4 is 5.91 Å². The quantitative estimate of drug-likeness (QED) is 0.506. The predicted octanol–water partition coefficient (Wildman–Crippen LogP) is 1.96. The minimum atomic E-state index is -1.73. The predicted molar refractivity (Wildman–Crippen MR) is 117 cm³/mol. The van der Waals surface area contributed by atoms with Crippen molar-refractivity contribution in [3.63, 3.8) is 0 Å². The third-order valence-corrected chi connectivity index (χ3v) is 7.88. The molecule has 7 nitrogen and oxygen atoms in total. The van der Waals surface area contributed by atoms with Crippen molar-refractivity contribution in [3.05, 3.63) is 65.2 Å². The summed E-state index contributed by atoms with van der Waals surface area (Å²) >= 11 is 0. The average molecular weight is 434 g/mol. The topological polar surface area (TPSA) is 91.3 Å². The van der Waals surface area contributed by atoms with Crippen LogP contribution in [0.4, 0.5) is 0 Å². The SMILES string of the molecule is COc1cccc(C(=O)N[C@]2(O)C=C[C@H]3[C@H]4Cc5ccc(O)c6c5[C@@]3(CCN4C)[C@H]2O6)c1. The van der Waals surface area contributed by atoms with Gasteiger partial charge in [-0.15, -0.1) is 0 Å². The number of methoxy groups -OCH3 is 1. The minimum Gasteiger partial charge on any atom is -0.504 e. The van der Waals surface area contributed by atoms with Crippen molar-refractivity contribution < 1.29 is 24.5 Å². The number of aromatic hydroxyl groups is 1. The fourth-order valence-electron chi connectivity index (χ4n) is 6.43. The number of amides is 1. The van der Waals surface area contributed by atoms with Gasteiger partial charge >= 0.3 is 0 Å². The minimum absolute atomic E-state index is 0.0742. The maximum Gasteiger partial charge on any atom is 0.253 e. The molecule has 3 N–H and O–H groups in total. The van der Waals surface area contributed by atoms with Gasteiger partial charge in [0.05, 0.1) is 12.5 Å². The lowest BCUT2D eigenvalue weighted by atomic mass is 9.52. The summed E-state index contributed by atoms with van der Waals surface area (Å²) in [6, 6.07) is 10.7. The van der Waals surface area contributed by atoms with E-state index in [9.17, 15) is 15.0 Å². The molecule has 2 aliphatic carbocycles. The number of phenolic OH excluding ortho intramolecular Hbond substituents is 1. The second-order valence-corrected chi connectivity index (χ2v) is 9.38. The zero-order chi connectivity index (χ0) is 22.3. The van der Waals surface area contributed by atoms with Gasteiger partial charge in [0.1, 0.15) is 5.75 Å². The third-order valence-electron chi connectivity index (χ3n) is 7.88. The van der Waals surface area contributed by atoms with E-state index in [4.69, 9.17) is 9.47 Å². The summed E-state index contributed by atoms with van der Waals surface area (Å²) in [5.74, 6) is 0.779. The molecule has 2 aliphatic heterocycles. The fourth-order valence-corrected chi connectivity index (χ4v) is 6.43. The van der Waals surface area contributed by atoms with E-state index < -0.39 is 23.2 Å². The molecule has 0 radical (unpaired) electrons. The van der Waals surface area contributed by atoms with Crippen molar-refractivity contribution in [1.82, 2.24) is 10.2 Å². The smallest absolute Gasteiger partial charge is 0.253 e. The Hall–Kier alpha value is -3.03. The van der Waals surface area contributed by atoms with E-state index in [1.54, 1.807) is 43.5 Å². The normalized spacial score (nSPS) is 33.9. The molecule has 5 atom stereocenters. The van der Waals surface area contributed by atoms with E-state index in [1.165, 1.54) is 0 Å². The molecule has 1 amide bonds. The summed E-state index contributed by atoms with van der Waals surface area (Å²) in [5, 5.41) is 25.2. The largest absolute Gasteiger partial charge is 0.504 e. The summed E-state index contributed by atoms with van der Waals surface area (Å²) in [5.41, 5.74) is 0.288. The summed E-state index contributed by atoms with van der Waals surface area (Å²) in [7, 11) is 3.68. The van der Waals surface area contributed by atoms with Gasteiger partial charge in [-0.3, -0.25) is 4.79 Å². The molecule has 2 aromatic carbocycles. The first-order valence-electron chi connectivity index (χ1n) is 11.0. The van der Waals surface area contributed by atoms with Crippen LogP contribution in [0.5, 0.6) is 17.2 Å². The Bertz CT molecular complexity index is 1160. The summed E-state index contributed by atoms with van der Waals surface area (Å²) in [6.45, 7) is 0.851. The molecule has 6 rings (SSSR count). The van der Waals surface area contributed by atoms with E-state index in [2.05, 4.69) is 17.3 Å². The second kappa shape index (κ2) is 6.49. The molecule has 32 heavy (non-hydrogen) atoms. The first-order chi connectivity index (χ1) is 15.4. The van der Waals surface area contributed by atoms with Crippen LogP contribution in [0.25, 0.3) is 0 Å². The molecule has 2 heterocycles. The number of phenols is 1. The van der Waals surface area contributed by atoms with Crippen LogP contribution in [-0.2, 0) is 11.8 Å². The number of carbonyl (C=O) groups excluding carboxylic acids is 1. The summed E-state index contributed by atoms with van der Waals surface area (Å²) < 4.78 is 11.6. The first-order valence-corrected chi connectivity index (χ1v) is 11.0. The number of hydrogen-bond donors (Lipinski definition) is 3. The molecular formula is C25H26N2O5. The highest BCUT2D eigenvalue weighted by atomic mass is 16.5. The van der Waals surface area contributed by atoms with Crippen molar-refractivity contribution in [2.75, 3.05) is 20.7 Å². The Balaban J connectivity index is 1.45. The Morgan fingerprint density at radius 2 is 2.16 bits per heavy atom. The number of piperidine rings is 1. The van der Waals surface area contributed by atoms with Gasteiger partial charge in [0.2, 0.25) is 0 Å². The van der Waals surface area contributed by atoms with Crippen LogP contribution in [0.3, 0.4) is 0 Å². The number of rotatable bonds is 3. The van der Waals surface area contributed by atoms with Gasteiger partial charge in [0.25, 0.3) is 5.91 Å². The molecule has 0 saturated carbocycles. The van der Waals surface area contributed by atoms with E-state index in [0.717, 1.165) is 30.5 Å². The highest BCUT2D eigenvalue weighted by Crippen LogP contribution is 2.63. The molecule has 1 spiro atoms. The zero-order valence-electron chi connectivity index (χ0n) is 18.0. The van der Waals surface area contributed by atoms with Gasteiger partial charge in [0.15, 0.2) is 23.3 Å². The third kappa shape index (κ3) is 2.40. The number of hydrogen-bond acceptors (Lipinski definition) is 6. The van der Waals surface area contributed by atoms with E-state index in [1.807, 2.05) is 12.1 Å². The van der Waals surface area contributed by atoms with Crippen LogP contribution in [0.15, 0.2) is 48.6 Å². The lowest BCUT2D eigenvalue weighted by Gasteiger charge is -2.58. The number of nitrogens with one attached hydrogen (secondary N) is 1. The van der Waals surface area contributed by atoms with Gasteiger partial charge in [-0.05, 0) is 62.3 Å². The number of benzene rings is 2. The Morgan fingerprint density at radius 3 is 2.97 bits per heavy atom. The number of ether oxygens (including phenoxy) is 2. The van der Waals surface area contributed by atoms with E-state index in [0.29, 0.717) is 17.1 Å². The van der Waals surface area contributed by atoms with Crippen molar-refractivity contribution in [3.8, 4) is 17.2 Å². The number of aliphatic hydroxyl groups is 1. The lowest BCUT2D eigenvalue weighted by molar-refractivity contribution is -0.108. The highest BCUT2D eigenvalue weighted by molar-refractivity contribution is 5.95. The van der Waals surface area contributed by atoms with Crippen molar-refractivity contribution in [1.29, 1.82) is 0 Å². The number of carbonyl (C=O) groups is 1. The van der Waals surface area contributed by atoms with Gasteiger partial charge < -0.3 is 29.9 Å². The summed E-state index contributed by atoms with van der Waals surface area (Å²) in [6.07, 6.45) is 4.59. The van der Waals surface area contributed by atoms with Crippen LogP contribution >= 0.6 is 0 Å². The molecular weight excluding hydrogens is 408 g/mol. The molecule has 0 unspecified atom stereocenters. The van der Waals surface area contributed by atoms with Gasteiger partial charge in [-0.2, -0.15) is 0 Å². The number of likely N-dealkylation sites (N-methyl/N-ethyl adjacent to an activating group) is 1. The molecule has 2 bridgehead atoms. The van der Waals surface area contributed by atoms with Crippen molar-refractivity contribution in [2.45, 2.75) is 36.1 Å². The molecule has 1 fully saturated rings. The van der Waals surface area contributed by atoms with Crippen LogP contribution < -0.4 is 14.8 Å². The molecule has 4 aliphatic rings. The molecule has 7 heteroatoms. The monoisotopic (exact) mass is 434 g/mol. The summed E-state index contributed by atoms with van der Waals surface area (Å²) in [4.78, 5) is 15.5. The van der Waals surface area contributed by atoms with Crippen LogP contribution in [-0.4, -0.2) is 59.6 Å². The van der Waals surface area contributed by atoms with Crippen LogP contribution in [0.2, 0.25) is 0 Å². The fraction of sp³-hybridized carbons (Fsp3) is 0.400. The van der Waals surface area contributed by atoms with Crippen molar-refractivity contribution in [2.24, 2.45) is 5.92 Å². The van der Waals surface area contributed by atoms with Gasteiger partial charge in [-0.25, -0.2) is 0 Å². The highest BCUT2D eigenvalue weighted by Gasteiger charge is 2.68. The molecule has 0 aromatic heterocycles. The standard InChI is InChI=1S/C25H26N2O5/c1-27-11-10-24-17-8-9-25(30,26-22(29)15-4-3-5-16(12-15)31-2)23(24)32-21-19(28)7-6-14(20(21)24)13-18(17)27/h3-9,12,17-18,23,28,30H,10-11,13H2,1-2H3,(H,26,29)/t17-,18+,23+,24-,25-/m0/s1. The second-order valence-electron chi connectivity index (χ2n) is 9.38. The van der Waals surface area contributed by atoms with Gasteiger partial charge in [0, 0.05) is 23.1 Å². The molecule has 1 saturated heterocycles. The number of nitrogens with zero attached hydrogens (tertiary/aromatic N) is 1. The lowest BCUT2D eigenvalue weighted by Crippen LogP contribution is -2.71. The zero-order valence-corrected chi connectivity index (χ0v) is 18.0. The van der Waals surface area contributed by atoms with E-state index in [-0.39, 0.29) is 17.7 Å². The van der Waals surface area contributed by atoms with Gasteiger partial charge in [-0.1, -0.05) is 18.2 Å². The first kappa shape index (κ1) is 19.6. The molecule has 166 valence electrons. The Kier molecular flexibility index (Phi) is 3.99. The van der Waals surface area contributed by atoms with Crippen LogP contribution in [0.1, 0.15) is 27.9 Å². The van der Waals surface area contributed by atoms with E-state index >= 15 is 0 Å². The Labute approximate surface area is 186 Å². The molecule has 2 aromatic rings. The Morgan fingerprint density at radius 1 is 1.31 bits per heavy atom. The number of likely N-dealkylation sites (tertiary alicyclic amines) is 1. The average Bonchev–Trinajstić information content (AvgIpc) is 3.16. The maximum absolute atomic E-state index is 13.1. The maximum atomic E-state index is 13.1. The van der Waals surface area contributed by atoms with Crippen LogP contribution in [0, 0.1) is 5.92 Å².